The number of aliphatic hydroxyl groups excluding tert-OH is 2. The minimum absolute atomic E-state index is 0.0194. The zero-order valence-electron chi connectivity index (χ0n) is 30.8. The summed E-state index contributed by atoms with van der Waals surface area (Å²) in [5, 5.41) is 35.3. The first kappa shape index (κ1) is 42.5. The fourth-order valence-corrected chi connectivity index (χ4v) is 6.48. The van der Waals surface area contributed by atoms with Crippen molar-refractivity contribution in [2.45, 2.75) is 51.1 Å². The first-order valence-electron chi connectivity index (χ1n) is 18.0. The van der Waals surface area contributed by atoms with Gasteiger partial charge in [0.05, 0.1) is 48.9 Å². The number of fused-ring (bicyclic) bond motifs is 4. The van der Waals surface area contributed by atoms with Gasteiger partial charge in [-0.25, -0.2) is 24.7 Å². The second-order valence-corrected chi connectivity index (χ2v) is 13.4. The SMILES string of the molecule is NCC(CO)C(F)(F)F.O=C(CCC(CO)C(F)(F)F)c1noc2c1CN(c1ncnc3[nH]ccc13)CC2.O=C(O)c1noc2c1CN(c1ncnc3[nH]ccc13)CC2. The van der Waals surface area contributed by atoms with Crippen LogP contribution >= 0.6 is 0 Å². The van der Waals surface area contributed by atoms with Crippen LogP contribution in [-0.2, 0) is 25.9 Å². The molecule has 18 nitrogen and oxygen atoms in total. The van der Waals surface area contributed by atoms with Gasteiger partial charge in [0, 0.05) is 62.4 Å². The third kappa shape index (κ3) is 9.44. The van der Waals surface area contributed by atoms with Gasteiger partial charge in [0.25, 0.3) is 0 Å². The molecule has 0 aliphatic carbocycles. The van der Waals surface area contributed by atoms with Crippen LogP contribution in [0.4, 0.5) is 38.0 Å². The maximum Gasteiger partial charge on any atom is 0.395 e. The van der Waals surface area contributed by atoms with E-state index in [2.05, 4.69) is 46.0 Å². The van der Waals surface area contributed by atoms with Gasteiger partial charge in [-0.2, -0.15) is 26.3 Å². The maximum absolute atomic E-state index is 12.8. The molecule has 6 aromatic rings. The van der Waals surface area contributed by atoms with Gasteiger partial charge in [-0.1, -0.05) is 10.3 Å². The van der Waals surface area contributed by atoms with Crippen molar-refractivity contribution in [3.63, 3.8) is 0 Å². The third-order valence-corrected chi connectivity index (χ3v) is 9.76. The summed E-state index contributed by atoms with van der Waals surface area (Å²) in [7, 11) is 0. The summed E-state index contributed by atoms with van der Waals surface area (Å²) in [6, 6.07) is 3.76. The van der Waals surface area contributed by atoms with Crippen LogP contribution in [0.1, 0.15) is 56.5 Å². The van der Waals surface area contributed by atoms with E-state index in [4.69, 9.17) is 24.4 Å². The average molecular weight is 838 g/mol. The number of Topliss-reactive ketones (excluding diaryl/α,β-unsaturated/α-hetero) is 1. The number of rotatable bonds is 10. The normalized spacial score (nSPS) is 15.1. The lowest BCUT2D eigenvalue weighted by molar-refractivity contribution is -0.185. The Morgan fingerprint density at radius 1 is 0.763 bits per heavy atom. The minimum atomic E-state index is -4.55. The first-order chi connectivity index (χ1) is 28.1. The van der Waals surface area contributed by atoms with Gasteiger partial charge < -0.3 is 49.9 Å². The molecule has 0 spiro atoms. The number of carbonyl (C=O) groups excluding carboxylic acids is 1. The molecule has 2 aliphatic rings. The Morgan fingerprint density at radius 2 is 1.24 bits per heavy atom. The van der Waals surface area contributed by atoms with Crippen molar-refractivity contribution in [1.82, 2.24) is 40.2 Å². The third-order valence-electron chi connectivity index (χ3n) is 9.76. The highest BCUT2D eigenvalue weighted by Gasteiger charge is 2.40. The largest absolute Gasteiger partial charge is 0.476 e. The predicted octanol–water partition coefficient (Wildman–Crippen LogP) is 3.97. The van der Waals surface area contributed by atoms with Crippen LogP contribution in [0.25, 0.3) is 22.1 Å². The zero-order chi connectivity index (χ0) is 42.5. The number of H-pyrrole nitrogens is 2. The molecular formula is C35H37F6N11O7. The number of ketones is 1. The molecular weight excluding hydrogens is 800 g/mol. The van der Waals surface area contributed by atoms with Crippen molar-refractivity contribution < 1.29 is 60.3 Å². The molecule has 0 fully saturated rings. The van der Waals surface area contributed by atoms with E-state index in [0.29, 0.717) is 73.1 Å². The van der Waals surface area contributed by atoms with Gasteiger partial charge in [-0.15, -0.1) is 0 Å². The molecule has 2 atom stereocenters. The lowest BCUT2D eigenvalue weighted by Crippen LogP contribution is -2.32. The van der Waals surface area contributed by atoms with Gasteiger partial charge in [0.15, 0.2) is 17.2 Å². The summed E-state index contributed by atoms with van der Waals surface area (Å²) in [5.74, 6) is -2.64. The molecule has 0 aromatic carbocycles. The molecule has 0 saturated heterocycles. The van der Waals surface area contributed by atoms with Gasteiger partial charge in [-0.05, 0) is 18.6 Å². The molecule has 7 N–H and O–H groups in total. The van der Waals surface area contributed by atoms with Crippen LogP contribution in [0.3, 0.4) is 0 Å². The summed E-state index contributed by atoms with van der Waals surface area (Å²) < 4.78 is 83.2. The summed E-state index contributed by atoms with van der Waals surface area (Å²) in [5.41, 5.74) is 7.35. The highest BCUT2D eigenvalue weighted by molar-refractivity contribution is 5.96. The van der Waals surface area contributed by atoms with E-state index in [9.17, 15) is 35.9 Å². The Balaban J connectivity index is 0.000000170. The summed E-state index contributed by atoms with van der Waals surface area (Å²) in [4.78, 5) is 50.7. The second-order valence-electron chi connectivity index (χ2n) is 13.4. The Kier molecular flexibility index (Phi) is 12.8. The standard InChI is InChI=1S/C18H18F3N5O3.C13H11N5O3.C4H8F3NO/c19-18(20,21)10(8-27)1-2-13(28)15-12-7-26(6-4-14(12)29-25-15)17-11-3-5-22-16(11)23-9-24-17;19-13(20)10-8-5-18(4-2-9(8)21-17-10)12-7-1-3-14-11(7)15-6-16-12;5-4(6,7)3(1-8)2-9/h3,5,9-10,27H,1-2,4,6-8H2,(H,22,23,24);1,3,6H,2,4-5H2,(H,19,20)(H,14,15,16);3,9H,1-2,8H2. The number of carboxylic acid groups (broad SMARTS) is 1. The van der Waals surface area contributed by atoms with Crippen LogP contribution in [0.15, 0.2) is 46.2 Å². The van der Waals surface area contributed by atoms with E-state index in [1.807, 2.05) is 21.9 Å². The number of carbonyl (C=O) groups is 2. The van der Waals surface area contributed by atoms with Gasteiger partial charge in [0.1, 0.15) is 47.1 Å². The number of nitrogens with one attached hydrogen (secondary N) is 2. The highest BCUT2D eigenvalue weighted by Crippen LogP contribution is 2.33. The molecule has 59 heavy (non-hydrogen) atoms. The van der Waals surface area contributed by atoms with Crippen molar-refractivity contribution in [2.24, 2.45) is 17.6 Å². The zero-order valence-corrected chi connectivity index (χ0v) is 30.8. The van der Waals surface area contributed by atoms with E-state index in [0.717, 1.165) is 22.2 Å². The lowest BCUT2D eigenvalue weighted by atomic mass is 9.97. The number of nitrogens with zero attached hydrogens (tertiary/aromatic N) is 8. The number of alkyl halides is 6. The Morgan fingerprint density at radius 3 is 1.66 bits per heavy atom. The van der Waals surface area contributed by atoms with E-state index in [1.54, 1.807) is 12.4 Å². The summed E-state index contributed by atoms with van der Waals surface area (Å²) in [6.45, 7) is -0.536. The number of aromatic amines is 2. The summed E-state index contributed by atoms with van der Waals surface area (Å²) in [6.07, 6.45) is -2.19. The van der Waals surface area contributed by atoms with E-state index in [1.165, 1.54) is 12.7 Å². The second kappa shape index (κ2) is 17.8. The van der Waals surface area contributed by atoms with Crippen LogP contribution in [0.2, 0.25) is 0 Å². The minimum Gasteiger partial charge on any atom is -0.476 e. The number of carboxylic acids is 1. The van der Waals surface area contributed by atoms with Gasteiger partial charge in [0.2, 0.25) is 0 Å². The molecule has 8 heterocycles. The van der Waals surface area contributed by atoms with Crippen molar-refractivity contribution in [1.29, 1.82) is 0 Å². The number of hydrogen-bond acceptors (Lipinski definition) is 15. The smallest absolute Gasteiger partial charge is 0.395 e. The van der Waals surface area contributed by atoms with Gasteiger partial charge >= 0.3 is 18.3 Å². The van der Waals surface area contributed by atoms with Crippen molar-refractivity contribution in [2.75, 3.05) is 42.6 Å². The topological polar surface area (TPSA) is 263 Å². The number of hydrogen-bond donors (Lipinski definition) is 6. The fourth-order valence-electron chi connectivity index (χ4n) is 6.48. The van der Waals surface area contributed by atoms with Crippen molar-refractivity contribution in [3.8, 4) is 0 Å². The lowest BCUT2D eigenvalue weighted by Gasteiger charge is -2.27. The average Bonchev–Trinajstić information content (AvgIpc) is 4.03. The number of aliphatic hydroxyl groups is 2. The van der Waals surface area contributed by atoms with Crippen molar-refractivity contribution in [3.05, 3.63) is 71.2 Å². The number of halogens is 6. The molecule has 8 rings (SSSR count). The number of nitrogens with two attached hydrogens (primary N) is 1. The van der Waals surface area contributed by atoms with Crippen LogP contribution in [0.5, 0.6) is 0 Å². The van der Waals surface area contributed by atoms with E-state index < -0.39 is 62.1 Å². The Hall–Kier alpha value is -6.14. The fraction of sp³-hybridized carbons (Fsp3) is 0.429. The monoisotopic (exact) mass is 837 g/mol. The Labute approximate surface area is 328 Å². The molecule has 2 aliphatic heterocycles. The van der Waals surface area contributed by atoms with E-state index >= 15 is 0 Å². The molecule has 0 amide bonds. The van der Waals surface area contributed by atoms with Crippen LogP contribution < -0.4 is 15.5 Å². The van der Waals surface area contributed by atoms with E-state index in [-0.39, 0.29) is 17.8 Å². The highest BCUT2D eigenvalue weighted by atomic mass is 19.4. The molecule has 0 saturated carbocycles. The molecule has 2 unspecified atom stereocenters. The first-order valence-corrected chi connectivity index (χ1v) is 18.0. The molecule has 0 radical (unpaired) electrons. The predicted molar refractivity (Wildman–Crippen MR) is 193 cm³/mol. The number of aromatic carboxylic acids is 1. The number of aromatic nitrogens is 8. The van der Waals surface area contributed by atoms with Crippen LogP contribution in [-0.4, -0.2) is 112 Å². The van der Waals surface area contributed by atoms with Crippen LogP contribution in [0, 0.1) is 11.8 Å². The molecule has 6 aromatic heterocycles. The van der Waals surface area contributed by atoms with Gasteiger partial charge in [-0.3, -0.25) is 4.79 Å². The molecule has 24 heteroatoms. The molecule has 0 bridgehead atoms. The summed E-state index contributed by atoms with van der Waals surface area (Å²) >= 11 is 0. The Bertz CT molecular complexity index is 2370. The maximum atomic E-state index is 12.8. The van der Waals surface area contributed by atoms with Crippen molar-refractivity contribution >= 4 is 45.5 Å². The number of anilines is 2. The quantitative estimate of drug-likeness (QED) is 0.0842. The molecule has 316 valence electrons.